The van der Waals surface area contributed by atoms with Crippen molar-refractivity contribution in [3.05, 3.63) is 48.0 Å². The second-order valence-corrected chi connectivity index (χ2v) is 15.0. The SMILES string of the molecule is CC(C)(C)[Si](C)(C)O[C@H]1C[C@H]2O[C@@H]1[C@@H](O)c1nc3c(NC(=O)c4ccccc4)ncnc3n12. The van der Waals surface area contributed by atoms with E-state index in [-0.39, 0.29) is 23.3 Å². The number of fused-ring (bicyclic) bond motifs is 6. The van der Waals surface area contributed by atoms with Crippen molar-refractivity contribution in [1.82, 2.24) is 19.5 Å². The maximum atomic E-state index is 12.7. The Morgan fingerprint density at radius 1 is 1.24 bits per heavy atom. The average Bonchev–Trinajstić information content (AvgIpc) is 3.32. The van der Waals surface area contributed by atoms with E-state index in [1.165, 1.54) is 6.33 Å². The summed E-state index contributed by atoms with van der Waals surface area (Å²) in [7, 11) is -2.05. The number of nitrogens with zero attached hydrogens (tertiary/aromatic N) is 4. The van der Waals surface area contributed by atoms with Gasteiger partial charge in [0.2, 0.25) is 0 Å². The Labute approximate surface area is 193 Å². The number of amides is 1. The number of hydrogen-bond acceptors (Lipinski definition) is 7. The lowest BCUT2D eigenvalue weighted by atomic mass is 10.1. The Kier molecular flexibility index (Phi) is 5.16. The van der Waals surface area contributed by atoms with Crippen LogP contribution in [0.2, 0.25) is 18.1 Å². The van der Waals surface area contributed by atoms with Crippen LogP contribution in [0, 0.1) is 0 Å². The number of aliphatic hydroxyl groups is 1. The molecule has 33 heavy (non-hydrogen) atoms. The fourth-order valence-electron chi connectivity index (χ4n) is 4.20. The molecule has 2 N–H and O–H groups in total. The first-order valence-corrected chi connectivity index (χ1v) is 14.1. The van der Waals surface area contributed by atoms with Crippen LogP contribution in [0.5, 0.6) is 0 Å². The lowest BCUT2D eigenvalue weighted by molar-refractivity contribution is -0.108. The predicted molar refractivity (Wildman–Crippen MR) is 125 cm³/mol. The summed E-state index contributed by atoms with van der Waals surface area (Å²) in [6.45, 7) is 11.0. The summed E-state index contributed by atoms with van der Waals surface area (Å²) in [6.07, 6.45) is -0.0474. The van der Waals surface area contributed by atoms with Crippen LogP contribution in [0.1, 0.15) is 55.7 Å². The molecule has 4 heterocycles. The van der Waals surface area contributed by atoms with E-state index < -0.39 is 20.5 Å². The number of anilines is 1. The number of aromatic nitrogens is 4. The van der Waals surface area contributed by atoms with E-state index in [0.717, 1.165) is 0 Å². The molecular weight excluding hydrogens is 438 g/mol. The normalized spacial score (nSPS) is 24.7. The molecular formula is C23H29N5O4Si. The van der Waals surface area contributed by atoms with Crippen molar-refractivity contribution in [1.29, 1.82) is 0 Å². The van der Waals surface area contributed by atoms with Crippen LogP contribution in [-0.2, 0) is 9.16 Å². The van der Waals surface area contributed by atoms with Crippen LogP contribution in [-0.4, -0.2) is 51.1 Å². The molecule has 5 rings (SSSR count). The summed E-state index contributed by atoms with van der Waals surface area (Å²) in [5, 5.41) is 14.0. The molecule has 2 aromatic heterocycles. The zero-order valence-electron chi connectivity index (χ0n) is 19.4. The second kappa shape index (κ2) is 7.69. The van der Waals surface area contributed by atoms with Gasteiger partial charge in [-0.1, -0.05) is 39.0 Å². The average molecular weight is 468 g/mol. The van der Waals surface area contributed by atoms with Gasteiger partial charge in [0.15, 0.2) is 25.3 Å². The Hall–Kier alpha value is -2.66. The molecule has 2 aliphatic rings. The van der Waals surface area contributed by atoms with Crippen LogP contribution >= 0.6 is 0 Å². The third-order valence-electron chi connectivity index (χ3n) is 7.00. The molecule has 1 fully saturated rings. The lowest BCUT2D eigenvalue weighted by Crippen LogP contribution is -2.47. The van der Waals surface area contributed by atoms with Gasteiger partial charge < -0.3 is 19.6 Å². The van der Waals surface area contributed by atoms with Crippen molar-refractivity contribution < 1.29 is 19.1 Å². The molecule has 1 aromatic carbocycles. The van der Waals surface area contributed by atoms with Gasteiger partial charge in [0, 0.05) is 12.0 Å². The van der Waals surface area contributed by atoms with Crippen LogP contribution in [0.3, 0.4) is 0 Å². The minimum absolute atomic E-state index is 0.0496. The largest absolute Gasteiger partial charge is 0.411 e. The van der Waals surface area contributed by atoms with Crippen molar-refractivity contribution in [2.45, 2.75) is 69.9 Å². The molecule has 0 spiro atoms. The van der Waals surface area contributed by atoms with Crippen LogP contribution in [0.4, 0.5) is 5.82 Å². The first-order chi connectivity index (χ1) is 15.6. The monoisotopic (exact) mass is 467 g/mol. The summed E-state index contributed by atoms with van der Waals surface area (Å²) in [4.78, 5) is 25.9. The number of hydrogen-bond donors (Lipinski definition) is 2. The fourth-order valence-corrected chi connectivity index (χ4v) is 5.54. The van der Waals surface area contributed by atoms with Crippen molar-refractivity contribution in [3.8, 4) is 0 Å². The molecule has 10 heteroatoms. The molecule has 2 aliphatic heterocycles. The van der Waals surface area contributed by atoms with Gasteiger partial charge in [-0.05, 0) is 30.3 Å². The molecule has 2 bridgehead atoms. The molecule has 0 unspecified atom stereocenters. The first-order valence-electron chi connectivity index (χ1n) is 11.2. The molecule has 0 aliphatic carbocycles. The third-order valence-corrected chi connectivity index (χ3v) is 11.5. The zero-order valence-corrected chi connectivity index (χ0v) is 20.4. The minimum atomic E-state index is -2.05. The fraction of sp³-hybridized carbons (Fsp3) is 0.478. The van der Waals surface area contributed by atoms with Crippen molar-refractivity contribution >= 4 is 31.2 Å². The second-order valence-electron chi connectivity index (χ2n) is 10.2. The topological polar surface area (TPSA) is 111 Å². The Bertz CT molecular complexity index is 1210. The smallest absolute Gasteiger partial charge is 0.256 e. The first kappa shape index (κ1) is 22.1. The summed E-state index contributed by atoms with van der Waals surface area (Å²) >= 11 is 0. The van der Waals surface area contributed by atoms with Crippen molar-refractivity contribution in [3.63, 3.8) is 0 Å². The van der Waals surface area contributed by atoms with Crippen LogP contribution in [0.25, 0.3) is 11.2 Å². The third kappa shape index (κ3) is 3.67. The molecule has 3 aromatic rings. The van der Waals surface area contributed by atoms with Crippen molar-refractivity contribution in [2.24, 2.45) is 0 Å². The number of aliphatic hydroxyl groups excluding tert-OH is 1. The van der Waals surface area contributed by atoms with Gasteiger partial charge in [-0.3, -0.25) is 9.36 Å². The maximum absolute atomic E-state index is 12.7. The Morgan fingerprint density at radius 2 is 1.97 bits per heavy atom. The highest BCUT2D eigenvalue weighted by atomic mass is 28.4. The lowest BCUT2D eigenvalue weighted by Gasteiger charge is -2.39. The van der Waals surface area contributed by atoms with Gasteiger partial charge in [-0.25, -0.2) is 15.0 Å². The Morgan fingerprint density at radius 3 is 2.67 bits per heavy atom. The summed E-state index contributed by atoms with van der Waals surface area (Å²) < 4.78 is 14.6. The summed E-state index contributed by atoms with van der Waals surface area (Å²) in [5.41, 5.74) is 1.45. The number of carbonyl (C=O) groups is 1. The molecule has 174 valence electrons. The van der Waals surface area contributed by atoms with Gasteiger partial charge in [0.05, 0.1) is 6.10 Å². The Balaban J connectivity index is 1.46. The van der Waals surface area contributed by atoms with Gasteiger partial charge in [-0.15, -0.1) is 0 Å². The zero-order chi connectivity index (χ0) is 23.5. The van der Waals surface area contributed by atoms with E-state index in [4.69, 9.17) is 9.16 Å². The quantitative estimate of drug-likeness (QED) is 0.561. The van der Waals surface area contributed by atoms with Crippen LogP contribution in [0.15, 0.2) is 36.7 Å². The van der Waals surface area contributed by atoms with Crippen molar-refractivity contribution in [2.75, 3.05) is 5.32 Å². The number of carbonyl (C=O) groups excluding carboxylic acids is 1. The molecule has 0 radical (unpaired) electrons. The summed E-state index contributed by atoms with van der Waals surface area (Å²) in [5.74, 6) is 0.471. The number of imidazole rings is 1. The van der Waals surface area contributed by atoms with Gasteiger partial charge >= 0.3 is 0 Å². The standard InChI is InChI=1S/C23H29N5O4Si/c1-23(2,3)33(4,5)32-14-11-15-28-20-16(26-21(28)17(29)18(14)31-15)19(24-12-25-20)27-22(30)13-9-7-6-8-10-13/h6-10,12,14-15,17-18,29H,11H2,1-5H3,(H,24,25,27,30)/t14-,15+,17+,18-/m0/s1. The number of ether oxygens (including phenoxy) is 1. The highest BCUT2D eigenvalue weighted by Gasteiger charge is 2.52. The van der Waals surface area contributed by atoms with E-state index in [1.54, 1.807) is 24.3 Å². The van der Waals surface area contributed by atoms with E-state index >= 15 is 0 Å². The van der Waals surface area contributed by atoms with E-state index in [2.05, 4.69) is 54.1 Å². The molecule has 1 saturated heterocycles. The number of nitrogens with one attached hydrogen (secondary N) is 1. The summed E-state index contributed by atoms with van der Waals surface area (Å²) in [6, 6.07) is 8.90. The molecule has 1 amide bonds. The van der Waals surface area contributed by atoms with E-state index in [9.17, 15) is 9.90 Å². The minimum Gasteiger partial charge on any atom is -0.411 e. The molecule has 9 nitrogen and oxygen atoms in total. The van der Waals surface area contributed by atoms with E-state index in [1.807, 2.05) is 10.6 Å². The van der Waals surface area contributed by atoms with E-state index in [0.29, 0.717) is 34.8 Å². The highest BCUT2D eigenvalue weighted by Crippen LogP contribution is 2.47. The van der Waals surface area contributed by atoms with Gasteiger partial charge in [0.1, 0.15) is 30.6 Å². The maximum Gasteiger partial charge on any atom is 0.256 e. The molecule has 4 atom stereocenters. The van der Waals surface area contributed by atoms with Gasteiger partial charge in [0.25, 0.3) is 5.91 Å². The number of benzene rings is 1. The highest BCUT2D eigenvalue weighted by molar-refractivity contribution is 6.74. The van der Waals surface area contributed by atoms with Gasteiger partial charge in [-0.2, -0.15) is 0 Å². The molecule has 0 saturated carbocycles. The predicted octanol–water partition coefficient (Wildman–Crippen LogP) is 3.80. The van der Waals surface area contributed by atoms with Crippen LogP contribution < -0.4 is 5.32 Å². The number of rotatable bonds is 4.